The molecule has 3 heterocycles. The maximum atomic E-state index is 15.5. The lowest BCUT2D eigenvalue weighted by molar-refractivity contribution is 0.00578. The van der Waals surface area contributed by atoms with Crippen LogP contribution < -0.4 is 10.4 Å². The number of halogens is 2. The van der Waals surface area contributed by atoms with Crippen molar-refractivity contribution in [3.8, 4) is 0 Å². The predicted octanol–water partition coefficient (Wildman–Crippen LogP) is 5.60. The number of ether oxygens (including phenoxy) is 1. The number of hydrogen-bond donors (Lipinski definition) is 0. The second kappa shape index (κ2) is 8.87. The summed E-state index contributed by atoms with van der Waals surface area (Å²) in [5.41, 5.74) is 1.91. The van der Waals surface area contributed by atoms with E-state index in [0.29, 0.717) is 31.5 Å². The fourth-order valence-corrected chi connectivity index (χ4v) is 6.04. The van der Waals surface area contributed by atoms with Gasteiger partial charge in [0.2, 0.25) is 0 Å². The first-order chi connectivity index (χ1) is 17.5. The van der Waals surface area contributed by atoms with E-state index in [9.17, 15) is 4.79 Å². The summed E-state index contributed by atoms with van der Waals surface area (Å²) in [5.74, 6) is -0.509. The summed E-state index contributed by atoms with van der Waals surface area (Å²) < 4.78 is 33.9. The normalized spacial score (nSPS) is 23.9. The largest absolute Gasteiger partial charge is 0.496 e. The van der Waals surface area contributed by atoms with Crippen LogP contribution in [0.2, 0.25) is 5.02 Å². The third-order valence-electron chi connectivity index (χ3n) is 8.36. The van der Waals surface area contributed by atoms with Crippen LogP contribution in [0.3, 0.4) is 0 Å². The van der Waals surface area contributed by atoms with Crippen LogP contribution in [0.1, 0.15) is 65.2 Å². The standard InChI is InChI=1S/C29H37BClFN2O4/c1-18-10-9-11-19(14-18)29-16-20-22(34(29)13-12-33(17-29)25(35)36-26(2,3)4)15-21(32)24(31)23(20)30-37-27(5,6)28(7,8)38-30/h9-11,14-15H,12-13,16-17H2,1-8H3. The molecule has 6 nitrogen and oxygen atoms in total. The van der Waals surface area contributed by atoms with Gasteiger partial charge in [0.1, 0.15) is 11.4 Å². The molecule has 2 aromatic rings. The average molecular weight is 543 g/mol. The quantitative estimate of drug-likeness (QED) is 0.463. The molecule has 3 aliphatic rings. The Morgan fingerprint density at radius 3 is 2.37 bits per heavy atom. The Morgan fingerprint density at radius 1 is 1.11 bits per heavy atom. The van der Waals surface area contributed by atoms with E-state index in [1.54, 1.807) is 4.90 Å². The van der Waals surface area contributed by atoms with Crippen LogP contribution in [0, 0.1) is 12.7 Å². The molecular weight excluding hydrogens is 506 g/mol. The van der Waals surface area contributed by atoms with Crippen molar-refractivity contribution in [1.29, 1.82) is 0 Å². The molecular formula is C29H37BClFN2O4. The highest BCUT2D eigenvalue weighted by Gasteiger charge is 2.56. The van der Waals surface area contributed by atoms with Crippen LogP contribution in [-0.2, 0) is 26.0 Å². The molecule has 0 spiro atoms. The van der Waals surface area contributed by atoms with Crippen LogP contribution in [-0.4, -0.2) is 54.5 Å². The zero-order valence-corrected chi connectivity index (χ0v) is 24.3. The second-order valence-electron chi connectivity index (χ2n) is 12.8. The van der Waals surface area contributed by atoms with Gasteiger partial charge in [-0.25, -0.2) is 9.18 Å². The van der Waals surface area contributed by atoms with Crippen molar-refractivity contribution in [3.05, 3.63) is 57.9 Å². The third-order valence-corrected chi connectivity index (χ3v) is 8.75. The van der Waals surface area contributed by atoms with Gasteiger partial charge in [-0.2, -0.15) is 0 Å². The molecule has 0 bridgehead atoms. The lowest BCUT2D eigenvalue weighted by Gasteiger charge is -2.48. The number of nitrogens with zero attached hydrogens (tertiary/aromatic N) is 2. The smallest absolute Gasteiger partial charge is 0.444 e. The molecule has 2 saturated heterocycles. The number of aryl methyl sites for hydroxylation is 1. The monoisotopic (exact) mass is 542 g/mol. The third kappa shape index (κ3) is 4.38. The summed E-state index contributed by atoms with van der Waals surface area (Å²) in [6, 6.07) is 9.82. The summed E-state index contributed by atoms with van der Waals surface area (Å²) in [5, 5.41) is 0.0190. The molecule has 1 amide bonds. The Morgan fingerprint density at radius 2 is 1.76 bits per heavy atom. The number of hydrogen-bond acceptors (Lipinski definition) is 5. The number of benzene rings is 2. The summed E-state index contributed by atoms with van der Waals surface area (Å²) in [7, 11) is -0.810. The maximum absolute atomic E-state index is 15.5. The fourth-order valence-electron chi connectivity index (χ4n) is 5.78. The molecule has 204 valence electrons. The summed E-state index contributed by atoms with van der Waals surface area (Å²) in [4.78, 5) is 17.2. The van der Waals surface area contributed by atoms with E-state index < -0.39 is 35.3 Å². The number of carbonyl (C=O) groups excluding carboxylic acids is 1. The van der Waals surface area contributed by atoms with Gasteiger partial charge >= 0.3 is 13.2 Å². The van der Waals surface area contributed by atoms with E-state index >= 15 is 4.39 Å². The summed E-state index contributed by atoms with van der Waals surface area (Å²) in [6.07, 6.45) is 0.167. The molecule has 2 fully saturated rings. The van der Waals surface area contributed by atoms with Crippen molar-refractivity contribution in [3.63, 3.8) is 0 Å². The Hall–Kier alpha value is -2.29. The minimum Gasteiger partial charge on any atom is -0.444 e. The average Bonchev–Trinajstić information content (AvgIpc) is 3.22. The van der Waals surface area contributed by atoms with Gasteiger partial charge in [-0.3, -0.25) is 0 Å². The zero-order valence-electron chi connectivity index (χ0n) is 23.6. The van der Waals surface area contributed by atoms with Gasteiger partial charge in [0.25, 0.3) is 0 Å². The molecule has 0 aliphatic carbocycles. The molecule has 0 N–H and O–H groups in total. The molecule has 0 aromatic heterocycles. The lowest BCUT2D eigenvalue weighted by atomic mass is 9.73. The zero-order chi connectivity index (χ0) is 27.8. The van der Waals surface area contributed by atoms with Crippen LogP contribution >= 0.6 is 11.6 Å². The summed E-state index contributed by atoms with van der Waals surface area (Å²) in [6.45, 7) is 16.9. The molecule has 3 aliphatic heterocycles. The van der Waals surface area contributed by atoms with Gasteiger partial charge in [-0.15, -0.1) is 0 Å². The molecule has 1 atom stereocenters. The van der Waals surface area contributed by atoms with Crippen LogP contribution in [0.25, 0.3) is 0 Å². The SMILES string of the molecule is Cc1cccc(C23Cc4c(cc(F)c(Cl)c4B4OC(C)(C)C(C)(C)O4)N2CCN(C(=O)OC(C)(C)C)C3)c1. The van der Waals surface area contributed by atoms with Crippen molar-refractivity contribution in [2.24, 2.45) is 0 Å². The van der Waals surface area contributed by atoms with Gasteiger partial charge in [0, 0.05) is 30.7 Å². The van der Waals surface area contributed by atoms with E-state index in [1.165, 1.54) is 6.07 Å². The van der Waals surface area contributed by atoms with E-state index in [1.807, 2.05) is 67.5 Å². The number of rotatable bonds is 2. The minimum absolute atomic E-state index is 0.0190. The van der Waals surface area contributed by atoms with Gasteiger partial charge in [0.05, 0.1) is 28.3 Å². The highest BCUT2D eigenvalue weighted by molar-refractivity contribution is 6.66. The van der Waals surface area contributed by atoms with Crippen molar-refractivity contribution in [2.45, 2.75) is 84.2 Å². The molecule has 0 saturated carbocycles. The Balaban J connectivity index is 1.63. The number of anilines is 1. The van der Waals surface area contributed by atoms with E-state index in [4.69, 9.17) is 25.6 Å². The first-order valence-electron chi connectivity index (χ1n) is 13.2. The number of fused-ring (bicyclic) bond motifs is 3. The molecule has 5 rings (SSSR count). The summed E-state index contributed by atoms with van der Waals surface area (Å²) >= 11 is 6.67. The molecule has 9 heteroatoms. The number of carbonyl (C=O) groups is 1. The van der Waals surface area contributed by atoms with Gasteiger partial charge in [-0.1, -0.05) is 41.4 Å². The van der Waals surface area contributed by atoms with Crippen LogP contribution in [0.4, 0.5) is 14.9 Å². The van der Waals surface area contributed by atoms with Crippen molar-refractivity contribution >= 4 is 36.0 Å². The molecule has 0 radical (unpaired) electrons. The van der Waals surface area contributed by atoms with Gasteiger partial charge in [-0.05, 0) is 72.6 Å². The topological polar surface area (TPSA) is 51.2 Å². The first-order valence-corrected chi connectivity index (χ1v) is 13.6. The van der Waals surface area contributed by atoms with Crippen LogP contribution in [0.5, 0.6) is 0 Å². The minimum atomic E-state index is -0.810. The second-order valence-corrected chi connectivity index (χ2v) is 13.2. The molecule has 2 aromatic carbocycles. The first kappa shape index (κ1) is 27.3. The van der Waals surface area contributed by atoms with E-state index in [-0.39, 0.29) is 11.1 Å². The lowest BCUT2D eigenvalue weighted by Crippen LogP contribution is -2.61. The molecule has 38 heavy (non-hydrogen) atoms. The molecule has 1 unspecified atom stereocenters. The predicted molar refractivity (Wildman–Crippen MR) is 149 cm³/mol. The highest BCUT2D eigenvalue weighted by Crippen LogP contribution is 2.49. The number of amides is 1. The van der Waals surface area contributed by atoms with E-state index in [2.05, 4.69) is 17.0 Å². The number of piperazine rings is 1. The van der Waals surface area contributed by atoms with E-state index in [0.717, 1.165) is 22.4 Å². The van der Waals surface area contributed by atoms with Crippen molar-refractivity contribution in [2.75, 3.05) is 24.5 Å². The van der Waals surface area contributed by atoms with Crippen LogP contribution in [0.15, 0.2) is 30.3 Å². The van der Waals surface area contributed by atoms with Gasteiger partial charge in [0.15, 0.2) is 0 Å². The fraction of sp³-hybridized carbons (Fsp3) is 0.552. The van der Waals surface area contributed by atoms with Crippen molar-refractivity contribution in [1.82, 2.24) is 4.90 Å². The van der Waals surface area contributed by atoms with Crippen molar-refractivity contribution < 1.29 is 23.2 Å². The van der Waals surface area contributed by atoms with Gasteiger partial charge < -0.3 is 23.8 Å². The highest BCUT2D eigenvalue weighted by atomic mass is 35.5. The Bertz CT molecular complexity index is 1280. The Labute approximate surface area is 230 Å². The maximum Gasteiger partial charge on any atom is 0.496 e. The Kier molecular flexibility index (Phi) is 6.37.